The number of carbonyl (C=O) groups is 2. The molecule has 0 aliphatic rings. The van der Waals surface area contributed by atoms with E-state index in [0.717, 1.165) is 10.8 Å². The molecule has 2 atom stereocenters. The maximum absolute atomic E-state index is 12.2. The first-order chi connectivity index (χ1) is 10.0. The second kappa shape index (κ2) is 6.39. The first-order valence-electron chi connectivity index (χ1n) is 7.05. The van der Waals surface area contributed by atoms with Crippen LogP contribution in [0.2, 0.25) is 0 Å². The Morgan fingerprint density at radius 3 is 2.43 bits per heavy atom. The third-order valence-electron chi connectivity index (χ3n) is 3.78. The van der Waals surface area contributed by atoms with Crippen LogP contribution in [0.3, 0.4) is 0 Å². The van der Waals surface area contributed by atoms with Crippen molar-refractivity contribution in [3.05, 3.63) is 48.0 Å². The van der Waals surface area contributed by atoms with Gasteiger partial charge in [0.05, 0.1) is 0 Å². The highest BCUT2D eigenvalue weighted by atomic mass is 16.4. The molecule has 0 aromatic heterocycles. The summed E-state index contributed by atoms with van der Waals surface area (Å²) in [5.41, 5.74) is 0.475. The molecule has 4 nitrogen and oxygen atoms in total. The zero-order valence-corrected chi connectivity index (χ0v) is 12.2. The minimum absolute atomic E-state index is 0.119. The van der Waals surface area contributed by atoms with E-state index in [0.29, 0.717) is 12.0 Å². The van der Waals surface area contributed by atoms with Crippen molar-refractivity contribution < 1.29 is 14.7 Å². The highest BCUT2D eigenvalue weighted by Crippen LogP contribution is 2.16. The lowest BCUT2D eigenvalue weighted by molar-refractivity contribution is -0.140. The molecule has 0 radical (unpaired) electrons. The zero-order chi connectivity index (χ0) is 15.4. The lowest BCUT2D eigenvalue weighted by Crippen LogP contribution is -2.45. The van der Waals surface area contributed by atoms with Crippen LogP contribution in [-0.4, -0.2) is 23.0 Å². The normalized spacial score (nSPS) is 13.6. The second-order valence-electron chi connectivity index (χ2n) is 5.24. The second-order valence-corrected chi connectivity index (χ2v) is 5.24. The Kier molecular flexibility index (Phi) is 4.58. The van der Waals surface area contributed by atoms with Crippen molar-refractivity contribution in [1.82, 2.24) is 5.32 Å². The number of aliphatic carboxylic acids is 1. The van der Waals surface area contributed by atoms with Crippen molar-refractivity contribution in [3.8, 4) is 0 Å². The number of hydrogen-bond acceptors (Lipinski definition) is 2. The SMILES string of the molecule is CC[C@@H](C)[C@H](NC(=O)c1ccc2ccccc2c1)C(=O)O. The fraction of sp³-hybridized carbons (Fsp3) is 0.294. The summed E-state index contributed by atoms with van der Waals surface area (Å²) in [6, 6.07) is 12.2. The smallest absolute Gasteiger partial charge is 0.326 e. The molecule has 4 heteroatoms. The van der Waals surface area contributed by atoms with Gasteiger partial charge in [0, 0.05) is 5.56 Å². The van der Waals surface area contributed by atoms with Crippen molar-refractivity contribution in [2.24, 2.45) is 5.92 Å². The molecule has 0 bridgehead atoms. The van der Waals surface area contributed by atoms with E-state index in [1.54, 1.807) is 12.1 Å². The monoisotopic (exact) mass is 285 g/mol. The lowest BCUT2D eigenvalue weighted by Gasteiger charge is -2.20. The molecule has 0 fully saturated rings. The summed E-state index contributed by atoms with van der Waals surface area (Å²) in [6.45, 7) is 3.72. The van der Waals surface area contributed by atoms with Gasteiger partial charge in [-0.1, -0.05) is 50.6 Å². The van der Waals surface area contributed by atoms with E-state index in [4.69, 9.17) is 0 Å². The summed E-state index contributed by atoms with van der Waals surface area (Å²) in [5.74, 6) is -1.47. The average Bonchev–Trinajstić information content (AvgIpc) is 2.50. The highest BCUT2D eigenvalue weighted by molar-refractivity contribution is 6.00. The fourth-order valence-corrected chi connectivity index (χ4v) is 2.24. The molecule has 2 N–H and O–H groups in total. The third-order valence-corrected chi connectivity index (χ3v) is 3.78. The Hall–Kier alpha value is -2.36. The van der Waals surface area contributed by atoms with Crippen LogP contribution in [0.25, 0.3) is 10.8 Å². The van der Waals surface area contributed by atoms with Crippen LogP contribution in [0.4, 0.5) is 0 Å². The molecule has 2 rings (SSSR count). The van der Waals surface area contributed by atoms with Crippen molar-refractivity contribution in [1.29, 1.82) is 0 Å². The third kappa shape index (κ3) is 3.40. The van der Waals surface area contributed by atoms with Crippen molar-refractivity contribution in [2.75, 3.05) is 0 Å². The van der Waals surface area contributed by atoms with Crippen molar-refractivity contribution >= 4 is 22.6 Å². The van der Waals surface area contributed by atoms with Gasteiger partial charge in [0.15, 0.2) is 0 Å². The first kappa shape index (κ1) is 15.0. The largest absolute Gasteiger partial charge is 0.480 e. The minimum Gasteiger partial charge on any atom is -0.480 e. The number of amides is 1. The molecule has 0 saturated heterocycles. The van der Waals surface area contributed by atoms with E-state index in [1.807, 2.05) is 44.2 Å². The Balaban J connectivity index is 2.23. The van der Waals surface area contributed by atoms with E-state index >= 15 is 0 Å². The van der Waals surface area contributed by atoms with E-state index in [2.05, 4.69) is 5.32 Å². The number of carboxylic acid groups (broad SMARTS) is 1. The molecular weight excluding hydrogens is 266 g/mol. The van der Waals surface area contributed by atoms with Gasteiger partial charge in [-0.05, 0) is 28.8 Å². The summed E-state index contributed by atoms with van der Waals surface area (Å²) >= 11 is 0. The number of hydrogen-bond donors (Lipinski definition) is 2. The summed E-state index contributed by atoms with van der Waals surface area (Å²) in [5, 5.41) is 13.8. The average molecular weight is 285 g/mol. The van der Waals surface area contributed by atoms with Crippen LogP contribution >= 0.6 is 0 Å². The molecule has 2 aromatic rings. The van der Waals surface area contributed by atoms with Crippen LogP contribution in [0.1, 0.15) is 30.6 Å². The number of rotatable bonds is 5. The van der Waals surface area contributed by atoms with Gasteiger partial charge >= 0.3 is 5.97 Å². The van der Waals surface area contributed by atoms with E-state index in [1.165, 1.54) is 0 Å². The topological polar surface area (TPSA) is 66.4 Å². The minimum atomic E-state index is -1.00. The van der Waals surface area contributed by atoms with Gasteiger partial charge in [0.25, 0.3) is 5.91 Å². The van der Waals surface area contributed by atoms with Crippen LogP contribution < -0.4 is 5.32 Å². The molecular formula is C17H19NO3. The van der Waals surface area contributed by atoms with Gasteiger partial charge < -0.3 is 10.4 Å². The molecule has 0 aliphatic heterocycles. The predicted molar refractivity (Wildman–Crippen MR) is 82.3 cm³/mol. The standard InChI is InChI=1S/C17H19NO3/c1-3-11(2)15(17(20)21)18-16(19)14-9-8-12-6-4-5-7-13(12)10-14/h4-11,15H,3H2,1-2H3,(H,18,19)(H,20,21)/t11-,15+/m1/s1. The maximum atomic E-state index is 12.2. The van der Waals surface area contributed by atoms with Gasteiger partial charge in [-0.25, -0.2) is 4.79 Å². The van der Waals surface area contributed by atoms with E-state index < -0.39 is 12.0 Å². The molecule has 2 aromatic carbocycles. The summed E-state index contributed by atoms with van der Waals surface area (Å²) in [4.78, 5) is 23.5. The van der Waals surface area contributed by atoms with Gasteiger partial charge in [-0.15, -0.1) is 0 Å². The first-order valence-corrected chi connectivity index (χ1v) is 7.05. The molecule has 21 heavy (non-hydrogen) atoms. The van der Waals surface area contributed by atoms with E-state index in [9.17, 15) is 14.7 Å². The van der Waals surface area contributed by atoms with Crippen LogP contribution in [0, 0.1) is 5.92 Å². The summed E-state index contributed by atoms with van der Waals surface area (Å²) in [6.07, 6.45) is 0.689. The maximum Gasteiger partial charge on any atom is 0.326 e. The van der Waals surface area contributed by atoms with Gasteiger partial charge in [-0.3, -0.25) is 4.79 Å². The zero-order valence-electron chi connectivity index (χ0n) is 12.2. The highest BCUT2D eigenvalue weighted by Gasteiger charge is 2.25. The van der Waals surface area contributed by atoms with E-state index in [-0.39, 0.29) is 11.8 Å². The molecule has 0 saturated carbocycles. The summed E-state index contributed by atoms with van der Waals surface area (Å²) in [7, 11) is 0. The number of nitrogens with one attached hydrogen (secondary N) is 1. The van der Waals surface area contributed by atoms with Gasteiger partial charge in [-0.2, -0.15) is 0 Å². The molecule has 0 unspecified atom stereocenters. The van der Waals surface area contributed by atoms with Gasteiger partial charge in [0.2, 0.25) is 0 Å². The Morgan fingerprint density at radius 2 is 1.81 bits per heavy atom. The Labute approximate surface area is 123 Å². The molecule has 1 amide bonds. The Bertz CT molecular complexity index is 666. The Morgan fingerprint density at radius 1 is 1.14 bits per heavy atom. The van der Waals surface area contributed by atoms with Crippen molar-refractivity contribution in [2.45, 2.75) is 26.3 Å². The number of carboxylic acids is 1. The molecule has 0 spiro atoms. The van der Waals surface area contributed by atoms with Crippen LogP contribution in [-0.2, 0) is 4.79 Å². The summed E-state index contributed by atoms with van der Waals surface area (Å²) < 4.78 is 0. The molecule has 0 heterocycles. The lowest BCUT2D eigenvalue weighted by atomic mass is 9.98. The number of benzene rings is 2. The fourth-order valence-electron chi connectivity index (χ4n) is 2.24. The van der Waals surface area contributed by atoms with Crippen molar-refractivity contribution in [3.63, 3.8) is 0 Å². The molecule has 110 valence electrons. The van der Waals surface area contributed by atoms with Crippen LogP contribution in [0.5, 0.6) is 0 Å². The predicted octanol–water partition coefficient (Wildman–Crippen LogP) is 3.07. The number of carbonyl (C=O) groups excluding carboxylic acids is 1. The number of fused-ring (bicyclic) bond motifs is 1. The van der Waals surface area contributed by atoms with Crippen LogP contribution in [0.15, 0.2) is 42.5 Å². The molecule has 0 aliphatic carbocycles. The van der Waals surface area contributed by atoms with Gasteiger partial charge in [0.1, 0.15) is 6.04 Å². The quantitative estimate of drug-likeness (QED) is 0.887.